The summed E-state index contributed by atoms with van der Waals surface area (Å²) in [6, 6.07) is 57.7. The van der Waals surface area contributed by atoms with Crippen molar-refractivity contribution in [3.8, 4) is 45.0 Å². The first-order valence-corrected chi connectivity index (χ1v) is 17.3. The minimum Gasteiger partial charge on any atom is -0.247 e. The lowest BCUT2D eigenvalue weighted by Crippen LogP contribution is -1.95. The summed E-state index contributed by atoms with van der Waals surface area (Å²) in [4.78, 5) is 15.5. The average molecular weight is 642 g/mol. The van der Waals surface area contributed by atoms with Crippen LogP contribution < -0.4 is 0 Å². The summed E-state index contributed by atoms with van der Waals surface area (Å²) in [7, 11) is 0. The molecule has 0 bridgehead atoms. The fourth-order valence-electron chi connectivity index (χ4n) is 7.09. The first kappa shape index (κ1) is 27.8. The highest BCUT2D eigenvalue weighted by Crippen LogP contribution is 2.43. The Bertz CT molecular complexity index is 2860. The Morgan fingerprint density at radius 2 is 0.878 bits per heavy atom. The molecule has 0 aliphatic carbocycles. The lowest BCUT2D eigenvalue weighted by atomic mass is 9.97. The van der Waals surface area contributed by atoms with Crippen LogP contribution in [0.5, 0.6) is 0 Å². The number of hydrogen-bond acceptors (Lipinski definition) is 4. The number of fused-ring (bicyclic) bond motifs is 8. The molecule has 0 aliphatic heterocycles. The summed E-state index contributed by atoms with van der Waals surface area (Å²) in [5.74, 6) is 0.704. The van der Waals surface area contributed by atoms with Crippen molar-refractivity contribution in [3.05, 3.63) is 164 Å². The Kier molecular flexibility index (Phi) is 6.36. The Balaban J connectivity index is 1.11. The highest BCUT2D eigenvalue weighted by molar-refractivity contribution is 7.26. The van der Waals surface area contributed by atoms with Crippen molar-refractivity contribution in [2.24, 2.45) is 0 Å². The van der Waals surface area contributed by atoms with Crippen molar-refractivity contribution in [3.63, 3.8) is 0 Å². The maximum absolute atomic E-state index is 5.30. The summed E-state index contributed by atoms with van der Waals surface area (Å²) < 4.78 is 2.57. The molecule has 0 amide bonds. The summed E-state index contributed by atoms with van der Waals surface area (Å²) in [6.45, 7) is 0. The largest absolute Gasteiger partial charge is 0.247 e. The normalized spacial score (nSPS) is 11.7. The molecular weight excluding hydrogens is 615 g/mol. The third-order valence-corrected chi connectivity index (χ3v) is 10.7. The van der Waals surface area contributed by atoms with Gasteiger partial charge in [-0.15, -0.1) is 11.3 Å². The van der Waals surface area contributed by atoms with Crippen LogP contribution in [0.1, 0.15) is 0 Å². The van der Waals surface area contributed by atoms with E-state index in [4.69, 9.17) is 15.0 Å². The minimum atomic E-state index is 0.704. The molecule has 3 heterocycles. The van der Waals surface area contributed by atoms with Crippen LogP contribution in [0.15, 0.2) is 164 Å². The number of aromatic nitrogens is 3. The third-order valence-electron chi connectivity index (χ3n) is 9.50. The smallest absolute Gasteiger partial charge is 0.160 e. The van der Waals surface area contributed by atoms with E-state index in [1.54, 1.807) is 0 Å². The van der Waals surface area contributed by atoms with Gasteiger partial charge in [0.2, 0.25) is 0 Å². The maximum atomic E-state index is 5.30. The molecule has 0 radical (unpaired) electrons. The zero-order chi connectivity index (χ0) is 32.3. The van der Waals surface area contributed by atoms with Gasteiger partial charge in [0, 0.05) is 53.0 Å². The molecule has 0 saturated heterocycles. The van der Waals surface area contributed by atoms with Crippen molar-refractivity contribution in [2.45, 2.75) is 0 Å². The van der Waals surface area contributed by atoms with Crippen molar-refractivity contribution in [1.29, 1.82) is 0 Å². The zero-order valence-electron chi connectivity index (χ0n) is 26.3. The number of benzene rings is 7. The highest BCUT2D eigenvalue weighted by atomic mass is 32.1. The van der Waals surface area contributed by atoms with Crippen molar-refractivity contribution in [1.82, 2.24) is 15.0 Å². The number of para-hydroxylation sites is 2. The van der Waals surface area contributed by atoms with Crippen LogP contribution in [0.25, 0.3) is 97.8 Å². The molecule has 49 heavy (non-hydrogen) atoms. The predicted octanol–water partition coefficient (Wildman–Crippen LogP) is 12.4. The molecule has 10 aromatic rings. The fraction of sp³-hybridized carbons (Fsp3) is 0. The molecule has 0 spiro atoms. The molecule has 4 heteroatoms. The topological polar surface area (TPSA) is 38.7 Å². The maximum Gasteiger partial charge on any atom is 0.160 e. The summed E-state index contributed by atoms with van der Waals surface area (Å²) in [5.41, 5.74) is 9.33. The van der Waals surface area contributed by atoms with Crippen LogP contribution >= 0.6 is 11.3 Å². The van der Waals surface area contributed by atoms with Gasteiger partial charge in [0.15, 0.2) is 5.82 Å². The number of rotatable bonds is 4. The third kappa shape index (κ3) is 4.61. The van der Waals surface area contributed by atoms with E-state index in [0.29, 0.717) is 5.82 Å². The van der Waals surface area contributed by atoms with Gasteiger partial charge in [-0.05, 0) is 34.7 Å². The summed E-state index contributed by atoms with van der Waals surface area (Å²) in [5, 5.41) is 7.20. The van der Waals surface area contributed by atoms with Gasteiger partial charge in [0.1, 0.15) is 0 Å². The Hall–Kier alpha value is -6.23. The second-order valence-corrected chi connectivity index (χ2v) is 13.4. The molecule has 3 nitrogen and oxygen atoms in total. The van der Waals surface area contributed by atoms with E-state index >= 15 is 0 Å². The molecule has 0 atom stereocenters. The predicted molar refractivity (Wildman–Crippen MR) is 207 cm³/mol. The first-order valence-electron chi connectivity index (χ1n) is 16.4. The van der Waals surface area contributed by atoms with Gasteiger partial charge in [0.05, 0.1) is 22.4 Å². The fourth-order valence-corrected chi connectivity index (χ4v) is 8.34. The standard InChI is InChI=1S/C45H27N3S/c1-2-10-28(11-3-1)29-18-20-30(21-19-29)42-37-14-5-8-16-39(37)47-45(48-42)32-24-22-31(23-25-32)43-41-35(33-12-4-7-15-38(33)46-43)26-27-36-34-13-6-9-17-40(34)49-44(36)41/h1-27H. The molecule has 7 aromatic carbocycles. The van der Waals surface area contributed by atoms with E-state index in [1.807, 2.05) is 23.5 Å². The molecule has 0 N–H and O–H groups in total. The first-order chi connectivity index (χ1) is 24.3. The van der Waals surface area contributed by atoms with Crippen molar-refractivity contribution >= 4 is 64.1 Å². The zero-order valence-corrected chi connectivity index (χ0v) is 27.2. The van der Waals surface area contributed by atoms with E-state index in [-0.39, 0.29) is 0 Å². The Morgan fingerprint density at radius 1 is 0.327 bits per heavy atom. The monoisotopic (exact) mass is 641 g/mol. The van der Waals surface area contributed by atoms with Crippen LogP contribution in [-0.4, -0.2) is 15.0 Å². The molecule has 0 fully saturated rings. The van der Waals surface area contributed by atoms with Crippen LogP contribution in [0, 0.1) is 0 Å². The van der Waals surface area contributed by atoms with Crippen molar-refractivity contribution < 1.29 is 0 Å². The summed E-state index contributed by atoms with van der Waals surface area (Å²) >= 11 is 1.85. The Morgan fingerprint density at radius 3 is 1.65 bits per heavy atom. The van der Waals surface area contributed by atoms with E-state index < -0.39 is 0 Å². The van der Waals surface area contributed by atoms with Crippen LogP contribution in [0.2, 0.25) is 0 Å². The van der Waals surface area contributed by atoms with Gasteiger partial charge in [-0.3, -0.25) is 0 Å². The van der Waals surface area contributed by atoms with E-state index in [9.17, 15) is 0 Å². The highest BCUT2D eigenvalue weighted by Gasteiger charge is 2.17. The SMILES string of the molecule is c1ccc(-c2ccc(-c3nc(-c4ccc(-c5nc6ccccc6c6ccc7c8ccccc8sc7c56)cc4)nc4ccccc34)cc2)cc1. The van der Waals surface area contributed by atoms with Gasteiger partial charge in [-0.25, -0.2) is 15.0 Å². The molecule has 10 rings (SSSR count). The molecule has 3 aromatic heterocycles. The second-order valence-electron chi connectivity index (χ2n) is 12.4. The van der Waals surface area contributed by atoms with E-state index in [0.717, 1.165) is 44.5 Å². The molecule has 228 valence electrons. The van der Waals surface area contributed by atoms with E-state index in [1.165, 1.54) is 47.5 Å². The summed E-state index contributed by atoms with van der Waals surface area (Å²) in [6.07, 6.45) is 0. The van der Waals surface area contributed by atoms with Crippen LogP contribution in [0.3, 0.4) is 0 Å². The number of thiophene rings is 1. The van der Waals surface area contributed by atoms with Gasteiger partial charge in [-0.2, -0.15) is 0 Å². The van der Waals surface area contributed by atoms with Gasteiger partial charge < -0.3 is 0 Å². The van der Waals surface area contributed by atoms with Crippen LogP contribution in [0.4, 0.5) is 0 Å². The lowest BCUT2D eigenvalue weighted by molar-refractivity contribution is 1.23. The average Bonchev–Trinajstić information content (AvgIpc) is 3.57. The molecule has 0 saturated carbocycles. The quantitative estimate of drug-likeness (QED) is 0.180. The second kappa shape index (κ2) is 11.2. The minimum absolute atomic E-state index is 0.704. The number of hydrogen-bond donors (Lipinski definition) is 0. The molecule has 0 unspecified atom stereocenters. The Labute approximate surface area is 286 Å². The lowest BCUT2D eigenvalue weighted by Gasteiger charge is -2.12. The number of nitrogens with zero attached hydrogens (tertiary/aromatic N) is 3. The van der Waals surface area contributed by atoms with Crippen molar-refractivity contribution in [2.75, 3.05) is 0 Å². The van der Waals surface area contributed by atoms with Crippen LogP contribution in [-0.2, 0) is 0 Å². The molecule has 0 aliphatic rings. The van der Waals surface area contributed by atoms with Gasteiger partial charge in [0.25, 0.3) is 0 Å². The number of pyridine rings is 1. The van der Waals surface area contributed by atoms with E-state index in [2.05, 4.69) is 152 Å². The van der Waals surface area contributed by atoms with Gasteiger partial charge >= 0.3 is 0 Å². The van der Waals surface area contributed by atoms with Gasteiger partial charge in [-0.1, -0.05) is 146 Å². The molecular formula is C45H27N3S.